The predicted octanol–water partition coefficient (Wildman–Crippen LogP) is 1.47. The van der Waals surface area contributed by atoms with Crippen molar-refractivity contribution in [2.24, 2.45) is 0 Å². The van der Waals surface area contributed by atoms with Gasteiger partial charge in [0, 0.05) is 25.2 Å². The van der Waals surface area contributed by atoms with Gasteiger partial charge < -0.3 is 5.11 Å². The molecular weight excluding hydrogens is 312 g/mol. The number of likely N-dealkylation sites (N-methyl/N-ethyl adjacent to an activating group) is 1. The van der Waals surface area contributed by atoms with Crippen LogP contribution in [0.1, 0.15) is 29.1 Å². The van der Waals surface area contributed by atoms with Gasteiger partial charge in [0.2, 0.25) is 10.0 Å². The number of hydrogen-bond donors (Lipinski definition) is 1. The summed E-state index contributed by atoms with van der Waals surface area (Å²) in [5, 5.41) is 10.8. The van der Waals surface area contributed by atoms with Gasteiger partial charge in [-0.2, -0.15) is 4.31 Å². The van der Waals surface area contributed by atoms with Crippen molar-refractivity contribution in [1.82, 2.24) is 9.21 Å². The summed E-state index contributed by atoms with van der Waals surface area (Å²) in [5.74, 6) is -1.19. The molecule has 1 aromatic rings. The summed E-state index contributed by atoms with van der Waals surface area (Å²) >= 11 is 0.960. The fraction of sp³-hybridized carbons (Fsp3) is 0.615. The summed E-state index contributed by atoms with van der Waals surface area (Å²) in [6.45, 7) is 6.94. The highest BCUT2D eigenvalue weighted by molar-refractivity contribution is 7.89. The van der Waals surface area contributed by atoms with Crippen LogP contribution in [0, 0.1) is 6.92 Å². The van der Waals surface area contributed by atoms with Gasteiger partial charge >= 0.3 is 5.97 Å². The average Bonchev–Trinajstić information content (AvgIpc) is 2.75. The first kappa shape index (κ1) is 16.4. The molecule has 118 valence electrons. The van der Waals surface area contributed by atoms with Gasteiger partial charge in [0.25, 0.3) is 0 Å². The smallest absolute Gasteiger partial charge is 0.347 e. The fourth-order valence-corrected chi connectivity index (χ4v) is 5.60. The quantitative estimate of drug-likeness (QED) is 0.907. The molecule has 0 spiro atoms. The van der Waals surface area contributed by atoms with Gasteiger partial charge in [-0.05, 0) is 38.8 Å². The third kappa shape index (κ3) is 2.85. The highest BCUT2D eigenvalue weighted by Gasteiger charge is 2.39. The Balaban J connectivity index is 2.44. The van der Waals surface area contributed by atoms with E-state index in [1.165, 1.54) is 4.31 Å². The summed E-state index contributed by atoms with van der Waals surface area (Å²) in [4.78, 5) is 13.2. The van der Waals surface area contributed by atoms with Gasteiger partial charge in [-0.3, -0.25) is 4.90 Å². The number of carboxylic acids is 1. The molecule has 0 amide bonds. The maximum Gasteiger partial charge on any atom is 0.347 e. The predicted molar refractivity (Wildman–Crippen MR) is 81.5 cm³/mol. The molecule has 0 aromatic carbocycles. The van der Waals surface area contributed by atoms with Crippen LogP contribution in [0.25, 0.3) is 0 Å². The molecule has 0 bridgehead atoms. The van der Waals surface area contributed by atoms with Crippen molar-refractivity contribution >= 4 is 27.3 Å². The zero-order valence-corrected chi connectivity index (χ0v) is 14.2. The van der Waals surface area contributed by atoms with Crippen LogP contribution < -0.4 is 0 Å². The van der Waals surface area contributed by atoms with Crippen LogP contribution in [0.2, 0.25) is 0 Å². The van der Waals surface area contributed by atoms with Gasteiger partial charge in [0.15, 0.2) is 0 Å². The van der Waals surface area contributed by atoms with Crippen molar-refractivity contribution in [3.8, 4) is 0 Å². The number of sulfonamides is 1. The number of carboxylic acid groups (broad SMARTS) is 1. The maximum atomic E-state index is 12.8. The molecule has 8 heteroatoms. The first-order valence-corrected chi connectivity index (χ1v) is 8.92. The zero-order chi connectivity index (χ0) is 16.0. The molecule has 0 aliphatic carbocycles. The Morgan fingerprint density at radius 2 is 2.00 bits per heavy atom. The summed E-state index contributed by atoms with van der Waals surface area (Å²) < 4.78 is 27.1. The molecule has 0 unspecified atom stereocenters. The number of aromatic carboxylic acids is 1. The SMILES string of the molecule is Cc1csc(C(=O)O)c1S(=O)(=O)N1CCN(C)C(C)(C)C1. The Labute approximate surface area is 129 Å². The average molecular weight is 332 g/mol. The lowest BCUT2D eigenvalue weighted by molar-refractivity contribution is 0.0696. The standard InChI is InChI=1S/C13H20N2O4S2/c1-9-7-20-10(12(16)17)11(9)21(18,19)15-6-5-14(4)13(2,3)8-15/h7H,5-6,8H2,1-4H3,(H,16,17). The normalized spacial score (nSPS) is 20.6. The van der Waals surface area contributed by atoms with Crippen molar-refractivity contribution in [3.63, 3.8) is 0 Å². The van der Waals surface area contributed by atoms with E-state index in [0.717, 1.165) is 11.3 Å². The Hall–Kier alpha value is -0.960. The van der Waals surface area contributed by atoms with E-state index in [-0.39, 0.29) is 15.3 Å². The minimum absolute atomic E-state index is 0.0552. The van der Waals surface area contributed by atoms with Crippen molar-refractivity contribution < 1.29 is 18.3 Å². The molecule has 1 fully saturated rings. The zero-order valence-electron chi connectivity index (χ0n) is 12.6. The van der Waals surface area contributed by atoms with E-state index in [1.54, 1.807) is 12.3 Å². The van der Waals surface area contributed by atoms with Crippen LogP contribution in [0.4, 0.5) is 0 Å². The molecule has 1 aliphatic rings. The van der Waals surface area contributed by atoms with Crippen LogP contribution in [-0.4, -0.2) is 60.9 Å². The van der Waals surface area contributed by atoms with Crippen LogP contribution in [-0.2, 0) is 10.0 Å². The number of thiophene rings is 1. The van der Waals surface area contributed by atoms with Crippen molar-refractivity contribution in [2.75, 3.05) is 26.7 Å². The van der Waals surface area contributed by atoms with Gasteiger partial charge in [0.05, 0.1) is 0 Å². The number of nitrogens with zero attached hydrogens (tertiary/aromatic N) is 2. The molecule has 2 heterocycles. The van der Waals surface area contributed by atoms with Gasteiger partial charge in [0.1, 0.15) is 9.77 Å². The summed E-state index contributed by atoms with van der Waals surface area (Å²) in [7, 11) is -1.82. The lowest BCUT2D eigenvalue weighted by atomic mass is 10.0. The second-order valence-electron chi connectivity index (χ2n) is 5.95. The van der Waals surface area contributed by atoms with E-state index < -0.39 is 16.0 Å². The van der Waals surface area contributed by atoms with Crippen LogP contribution >= 0.6 is 11.3 Å². The molecular formula is C13H20N2O4S2. The van der Waals surface area contributed by atoms with Crippen molar-refractivity contribution in [1.29, 1.82) is 0 Å². The van der Waals surface area contributed by atoms with E-state index >= 15 is 0 Å². The Bertz CT molecular complexity index is 664. The minimum Gasteiger partial charge on any atom is -0.477 e. The van der Waals surface area contributed by atoms with Crippen molar-refractivity contribution in [3.05, 3.63) is 15.8 Å². The Morgan fingerprint density at radius 1 is 1.38 bits per heavy atom. The number of carbonyl (C=O) groups is 1. The molecule has 1 aromatic heterocycles. The molecule has 0 radical (unpaired) electrons. The van der Waals surface area contributed by atoms with Crippen LogP contribution in [0.15, 0.2) is 10.3 Å². The first-order chi connectivity index (χ1) is 9.57. The van der Waals surface area contributed by atoms with E-state index in [1.807, 2.05) is 20.9 Å². The van der Waals surface area contributed by atoms with Gasteiger partial charge in [-0.15, -0.1) is 11.3 Å². The highest BCUT2D eigenvalue weighted by atomic mass is 32.2. The number of aryl methyl sites for hydroxylation is 1. The fourth-order valence-electron chi connectivity index (χ4n) is 2.43. The lowest BCUT2D eigenvalue weighted by Crippen LogP contribution is -2.58. The van der Waals surface area contributed by atoms with E-state index in [9.17, 15) is 18.3 Å². The second kappa shape index (κ2) is 5.35. The Kier molecular flexibility index (Phi) is 4.18. The third-order valence-electron chi connectivity index (χ3n) is 3.99. The minimum atomic E-state index is -3.78. The number of hydrogen-bond acceptors (Lipinski definition) is 5. The second-order valence-corrected chi connectivity index (χ2v) is 8.71. The molecule has 1 N–H and O–H groups in total. The topological polar surface area (TPSA) is 77.9 Å². The van der Waals surface area contributed by atoms with Crippen LogP contribution in [0.5, 0.6) is 0 Å². The molecule has 1 saturated heterocycles. The summed E-state index contributed by atoms with van der Waals surface area (Å²) in [6.07, 6.45) is 0. The van der Waals surface area contributed by atoms with Gasteiger partial charge in [-0.25, -0.2) is 13.2 Å². The molecule has 2 rings (SSSR count). The first-order valence-electron chi connectivity index (χ1n) is 6.60. The highest BCUT2D eigenvalue weighted by Crippen LogP contribution is 2.32. The van der Waals surface area contributed by atoms with Crippen LogP contribution in [0.3, 0.4) is 0 Å². The number of rotatable bonds is 3. The molecule has 21 heavy (non-hydrogen) atoms. The monoisotopic (exact) mass is 332 g/mol. The van der Waals surface area contributed by atoms with E-state index in [4.69, 9.17) is 0 Å². The number of piperazine rings is 1. The molecule has 0 saturated carbocycles. The lowest BCUT2D eigenvalue weighted by Gasteiger charge is -2.44. The maximum absolute atomic E-state index is 12.8. The summed E-state index contributed by atoms with van der Waals surface area (Å²) in [6, 6.07) is 0. The largest absolute Gasteiger partial charge is 0.477 e. The molecule has 1 aliphatic heterocycles. The molecule has 6 nitrogen and oxygen atoms in total. The Morgan fingerprint density at radius 3 is 2.52 bits per heavy atom. The molecule has 0 atom stereocenters. The summed E-state index contributed by atoms with van der Waals surface area (Å²) in [5.41, 5.74) is 0.215. The van der Waals surface area contributed by atoms with E-state index in [2.05, 4.69) is 4.90 Å². The van der Waals surface area contributed by atoms with Gasteiger partial charge in [-0.1, -0.05) is 0 Å². The third-order valence-corrected chi connectivity index (χ3v) is 7.24. The van der Waals surface area contributed by atoms with Crippen molar-refractivity contribution in [2.45, 2.75) is 31.2 Å². The van der Waals surface area contributed by atoms with E-state index in [0.29, 0.717) is 25.2 Å².